The van der Waals surface area contributed by atoms with Crippen molar-refractivity contribution in [3.63, 3.8) is 0 Å². The van der Waals surface area contributed by atoms with Crippen LogP contribution in [0.4, 0.5) is 5.69 Å². The molecule has 0 spiro atoms. The molecular formula is C12H13ClN4O. The van der Waals surface area contributed by atoms with Gasteiger partial charge >= 0.3 is 0 Å². The van der Waals surface area contributed by atoms with Gasteiger partial charge in [0.2, 0.25) is 0 Å². The van der Waals surface area contributed by atoms with Crippen molar-refractivity contribution in [3.05, 3.63) is 40.7 Å². The van der Waals surface area contributed by atoms with Crippen LogP contribution in [0.1, 0.15) is 16.1 Å². The fraction of sp³-hybridized carbons (Fsp3) is 0.167. The van der Waals surface area contributed by atoms with E-state index in [-0.39, 0.29) is 5.91 Å². The van der Waals surface area contributed by atoms with Gasteiger partial charge in [0.25, 0.3) is 5.91 Å². The molecule has 94 valence electrons. The number of nitrogens with two attached hydrogens (primary N) is 1. The number of nitrogens with one attached hydrogen (secondary N) is 1. The van der Waals surface area contributed by atoms with E-state index in [1.165, 1.54) is 0 Å². The number of nitrogen functional groups attached to an aromatic ring is 1. The zero-order valence-corrected chi connectivity index (χ0v) is 10.8. The number of aryl methyl sites for hydroxylation is 1. The Morgan fingerprint density at radius 1 is 1.50 bits per heavy atom. The van der Waals surface area contributed by atoms with Gasteiger partial charge in [-0.25, -0.2) is 4.68 Å². The van der Waals surface area contributed by atoms with Crippen LogP contribution in [0.5, 0.6) is 0 Å². The van der Waals surface area contributed by atoms with Crippen LogP contribution in [0.15, 0.2) is 24.4 Å². The van der Waals surface area contributed by atoms with Crippen molar-refractivity contribution in [1.82, 2.24) is 15.1 Å². The minimum Gasteiger partial charge on any atom is -0.399 e. The standard InChI is InChI=1S/C12H13ClN4O/c1-7-10(13)6-17(16-7)11-5-8(14)3-4-9(11)12(18)15-2/h3-6H,14H2,1-2H3,(H,15,18). The summed E-state index contributed by atoms with van der Waals surface area (Å²) in [5, 5.41) is 7.37. The predicted molar refractivity (Wildman–Crippen MR) is 71.1 cm³/mol. The van der Waals surface area contributed by atoms with Crippen molar-refractivity contribution in [1.29, 1.82) is 0 Å². The Labute approximate surface area is 110 Å². The van der Waals surface area contributed by atoms with Gasteiger partial charge in [-0.05, 0) is 25.1 Å². The van der Waals surface area contributed by atoms with E-state index >= 15 is 0 Å². The lowest BCUT2D eigenvalue weighted by Crippen LogP contribution is -2.20. The first-order chi connectivity index (χ1) is 8.52. The normalized spacial score (nSPS) is 10.4. The molecule has 6 heteroatoms. The number of carbonyl (C=O) groups excluding carboxylic acids is 1. The average Bonchev–Trinajstić information content (AvgIpc) is 2.68. The first kappa shape index (κ1) is 12.4. The molecule has 2 aromatic rings. The summed E-state index contributed by atoms with van der Waals surface area (Å²) < 4.78 is 1.55. The van der Waals surface area contributed by atoms with Crippen LogP contribution in [0.25, 0.3) is 5.69 Å². The Hall–Kier alpha value is -2.01. The van der Waals surface area contributed by atoms with E-state index in [4.69, 9.17) is 17.3 Å². The van der Waals surface area contributed by atoms with Crippen LogP contribution in [0, 0.1) is 6.92 Å². The molecule has 1 amide bonds. The van der Waals surface area contributed by atoms with E-state index in [0.717, 1.165) is 0 Å². The van der Waals surface area contributed by atoms with Crippen molar-refractivity contribution in [2.45, 2.75) is 6.92 Å². The highest BCUT2D eigenvalue weighted by molar-refractivity contribution is 6.31. The molecule has 1 aromatic carbocycles. The molecule has 3 N–H and O–H groups in total. The fourth-order valence-electron chi connectivity index (χ4n) is 1.63. The van der Waals surface area contributed by atoms with Crippen molar-refractivity contribution in [2.24, 2.45) is 0 Å². The van der Waals surface area contributed by atoms with Crippen molar-refractivity contribution in [3.8, 4) is 5.69 Å². The van der Waals surface area contributed by atoms with Crippen LogP contribution in [-0.4, -0.2) is 22.7 Å². The summed E-state index contributed by atoms with van der Waals surface area (Å²) >= 11 is 5.97. The van der Waals surface area contributed by atoms with Gasteiger partial charge in [-0.15, -0.1) is 0 Å². The molecule has 18 heavy (non-hydrogen) atoms. The molecule has 0 saturated carbocycles. The number of halogens is 1. The van der Waals surface area contributed by atoms with Gasteiger partial charge < -0.3 is 11.1 Å². The number of nitrogens with zero attached hydrogens (tertiary/aromatic N) is 2. The number of benzene rings is 1. The third-order valence-corrected chi connectivity index (χ3v) is 2.95. The first-order valence-electron chi connectivity index (χ1n) is 5.36. The maximum absolute atomic E-state index is 11.8. The van der Waals surface area contributed by atoms with Crippen LogP contribution < -0.4 is 11.1 Å². The molecule has 0 aliphatic rings. The number of carbonyl (C=O) groups is 1. The Bertz CT molecular complexity index is 587. The minimum absolute atomic E-state index is 0.200. The topological polar surface area (TPSA) is 72.9 Å². The summed E-state index contributed by atoms with van der Waals surface area (Å²) in [4.78, 5) is 11.8. The van der Waals surface area contributed by atoms with Gasteiger partial charge in [0.1, 0.15) is 0 Å². The second-order valence-electron chi connectivity index (χ2n) is 3.86. The van der Waals surface area contributed by atoms with Gasteiger partial charge in [-0.2, -0.15) is 5.10 Å². The lowest BCUT2D eigenvalue weighted by atomic mass is 10.1. The number of amides is 1. The molecule has 2 rings (SSSR count). The highest BCUT2D eigenvalue weighted by atomic mass is 35.5. The molecular weight excluding hydrogens is 252 g/mol. The third-order valence-electron chi connectivity index (χ3n) is 2.58. The summed E-state index contributed by atoms with van der Waals surface area (Å²) in [6.07, 6.45) is 1.65. The summed E-state index contributed by atoms with van der Waals surface area (Å²) in [5.74, 6) is -0.200. The Morgan fingerprint density at radius 2 is 2.22 bits per heavy atom. The van der Waals surface area contributed by atoms with E-state index in [1.54, 1.807) is 43.0 Å². The summed E-state index contributed by atoms with van der Waals surface area (Å²) in [6.45, 7) is 1.80. The second-order valence-corrected chi connectivity index (χ2v) is 4.27. The quantitative estimate of drug-likeness (QED) is 0.812. The van der Waals surface area contributed by atoms with Gasteiger partial charge in [0, 0.05) is 18.9 Å². The van der Waals surface area contributed by atoms with E-state index in [1.807, 2.05) is 0 Å². The van der Waals surface area contributed by atoms with E-state index < -0.39 is 0 Å². The molecule has 0 aliphatic heterocycles. The number of aromatic nitrogens is 2. The van der Waals surface area contributed by atoms with Crippen molar-refractivity contribution in [2.75, 3.05) is 12.8 Å². The van der Waals surface area contributed by atoms with Crippen LogP contribution in [0.3, 0.4) is 0 Å². The van der Waals surface area contributed by atoms with Crippen molar-refractivity contribution < 1.29 is 4.79 Å². The minimum atomic E-state index is -0.200. The molecule has 0 fully saturated rings. The van der Waals surface area contributed by atoms with E-state index in [0.29, 0.717) is 27.7 Å². The first-order valence-corrected chi connectivity index (χ1v) is 5.74. The number of hydrogen-bond acceptors (Lipinski definition) is 3. The Kier molecular flexibility index (Phi) is 3.25. The fourth-order valence-corrected chi connectivity index (χ4v) is 1.76. The highest BCUT2D eigenvalue weighted by Crippen LogP contribution is 2.21. The third kappa shape index (κ3) is 2.17. The monoisotopic (exact) mass is 264 g/mol. The van der Waals surface area contributed by atoms with Crippen molar-refractivity contribution >= 4 is 23.2 Å². The molecule has 1 heterocycles. The number of anilines is 1. The molecule has 0 aliphatic carbocycles. The zero-order chi connectivity index (χ0) is 13.3. The van der Waals surface area contributed by atoms with Crippen LogP contribution >= 0.6 is 11.6 Å². The van der Waals surface area contributed by atoms with Crippen LogP contribution in [0.2, 0.25) is 5.02 Å². The second kappa shape index (κ2) is 4.70. The number of hydrogen-bond donors (Lipinski definition) is 2. The molecule has 5 nitrogen and oxygen atoms in total. The van der Waals surface area contributed by atoms with E-state index in [9.17, 15) is 4.79 Å². The Balaban J connectivity index is 2.61. The van der Waals surface area contributed by atoms with E-state index in [2.05, 4.69) is 10.4 Å². The van der Waals surface area contributed by atoms with Gasteiger partial charge in [0.15, 0.2) is 0 Å². The molecule has 0 atom stereocenters. The molecule has 0 saturated heterocycles. The molecule has 0 unspecified atom stereocenters. The smallest absolute Gasteiger partial charge is 0.253 e. The largest absolute Gasteiger partial charge is 0.399 e. The maximum Gasteiger partial charge on any atom is 0.253 e. The lowest BCUT2D eigenvalue weighted by molar-refractivity contribution is 0.0963. The molecule has 0 bridgehead atoms. The van der Waals surface area contributed by atoms with Gasteiger partial charge in [0.05, 0.1) is 22.0 Å². The van der Waals surface area contributed by atoms with Gasteiger partial charge in [-0.1, -0.05) is 11.6 Å². The summed E-state index contributed by atoms with van der Waals surface area (Å²) in [6, 6.07) is 5.02. The molecule has 1 aromatic heterocycles. The lowest BCUT2D eigenvalue weighted by Gasteiger charge is -2.09. The average molecular weight is 265 g/mol. The summed E-state index contributed by atoms with van der Waals surface area (Å²) in [7, 11) is 1.57. The number of rotatable bonds is 2. The summed E-state index contributed by atoms with van der Waals surface area (Å²) in [5.41, 5.74) is 8.09. The predicted octanol–water partition coefficient (Wildman–Crippen LogP) is 1.78. The highest BCUT2D eigenvalue weighted by Gasteiger charge is 2.13. The SMILES string of the molecule is CNC(=O)c1ccc(N)cc1-n1cc(Cl)c(C)n1. The van der Waals surface area contributed by atoms with Gasteiger partial charge in [-0.3, -0.25) is 4.79 Å². The maximum atomic E-state index is 11.8. The zero-order valence-electron chi connectivity index (χ0n) is 10.1. The molecule has 0 radical (unpaired) electrons. The van der Waals surface area contributed by atoms with Crippen LogP contribution in [-0.2, 0) is 0 Å². The Morgan fingerprint density at radius 3 is 2.78 bits per heavy atom.